The molecular formula is C14H16BrN3O2. The number of amides is 1. The summed E-state index contributed by atoms with van der Waals surface area (Å²) in [5, 5.41) is 0. The lowest BCUT2D eigenvalue weighted by atomic mass is 9.97. The van der Waals surface area contributed by atoms with Gasteiger partial charge in [-0.3, -0.25) is 4.79 Å². The van der Waals surface area contributed by atoms with Crippen LogP contribution in [0.2, 0.25) is 0 Å². The number of imidazole rings is 1. The normalized spacial score (nSPS) is 19.3. The summed E-state index contributed by atoms with van der Waals surface area (Å²) in [6.07, 6.45) is 7.32. The Morgan fingerprint density at radius 3 is 3.05 bits per heavy atom. The van der Waals surface area contributed by atoms with Crippen molar-refractivity contribution in [3.63, 3.8) is 0 Å². The molecule has 20 heavy (non-hydrogen) atoms. The Bertz CT molecular complexity index is 619. The number of carbonyl (C=O) groups is 1. The minimum atomic E-state index is -0.0548. The van der Waals surface area contributed by atoms with Crippen molar-refractivity contribution in [2.45, 2.75) is 18.8 Å². The van der Waals surface area contributed by atoms with E-state index in [0.717, 1.165) is 25.2 Å². The average molecular weight is 338 g/mol. The topological polar surface area (TPSA) is 51.3 Å². The molecule has 0 N–H and O–H groups in total. The summed E-state index contributed by atoms with van der Waals surface area (Å²) in [6, 6.07) is 1.74. The van der Waals surface area contributed by atoms with Crippen LogP contribution in [0.3, 0.4) is 0 Å². The number of likely N-dealkylation sites (tertiary alicyclic amines) is 1. The highest BCUT2D eigenvalue weighted by Gasteiger charge is 2.29. The zero-order valence-corrected chi connectivity index (χ0v) is 12.8. The molecule has 0 bridgehead atoms. The van der Waals surface area contributed by atoms with Crippen molar-refractivity contribution < 1.29 is 9.21 Å². The Morgan fingerprint density at radius 1 is 1.55 bits per heavy atom. The lowest BCUT2D eigenvalue weighted by molar-refractivity contribution is 0.0670. The average Bonchev–Trinajstić information content (AvgIpc) is 3.07. The van der Waals surface area contributed by atoms with Gasteiger partial charge in [-0.2, -0.15) is 0 Å². The predicted molar refractivity (Wildman–Crippen MR) is 77.5 cm³/mol. The molecule has 1 saturated heterocycles. The molecule has 1 fully saturated rings. The van der Waals surface area contributed by atoms with E-state index in [1.165, 1.54) is 6.26 Å². The molecule has 0 saturated carbocycles. The SMILES string of the molecule is Cn1ccnc1[C@@H]1CCCN(C(=O)c2occc2Br)C1. The fourth-order valence-electron chi connectivity index (χ4n) is 2.73. The zero-order valence-electron chi connectivity index (χ0n) is 11.3. The minimum absolute atomic E-state index is 0.0548. The maximum absolute atomic E-state index is 12.5. The van der Waals surface area contributed by atoms with Crippen LogP contribution in [0.25, 0.3) is 0 Å². The molecular weight excluding hydrogens is 322 g/mol. The summed E-state index contributed by atoms with van der Waals surface area (Å²) in [6.45, 7) is 1.46. The number of hydrogen-bond donors (Lipinski definition) is 0. The molecule has 1 amide bonds. The molecule has 0 aliphatic carbocycles. The fraction of sp³-hybridized carbons (Fsp3) is 0.429. The standard InChI is InChI=1S/C14H16BrN3O2/c1-17-7-5-16-13(17)10-3-2-6-18(9-10)14(19)12-11(15)4-8-20-12/h4-5,7-8,10H,2-3,6,9H2,1H3/t10-/m1/s1. The first kappa shape index (κ1) is 13.4. The highest BCUT2D eigenvalue weighted by atomic mass is 79.9. The molecule has 0 spiro atoms. The van der Waals surface area contributed by atoms with Crippen LogP contribution >= 0.6 is 15.9 Å². The third-order valence-corrected chi connectivity index (χ3v) is 4.37. The molecule has 3 heterocycles. The van der Waals surface area contributed by atoms with E-state index in [1.807, 2.05) is 22.7 Å². The van der Waals surface area contributed by atoms with E-state index in [9.17, 15) is 4.79 Å². The van der Waals surface area contributed by atoms with Crippen molar-refractivity contribution >= 4 is 21.8 Å². The van der Waals surface area contributed by atoms with Gasteiger partial charge in [-0.1, -0.05) is 0 Å². The van der Waals surface area contributed by atoms with Crippen LogP contribution in [-0.2, 0) is 7.05 Å². The second-order valence-corrected chi connectivity index (χ2v) is 5.94. The molecule has 1 aliphatic heterocycles. The summed E-state index contributed by atoms with van der Waals surface area (Å²) >= 11 is 3.34. The summed E-state index contributed by atoms with van der Waals surface area (Å²) in [5.41, 5.74) is 0. The number of aryl methyl sites for hydroxylation is 1. The van der Waals surface area contributed by atoms with Gasteiger partial charge in [0.25, 0.3) is 5.91 Å². The number of carbonyl (C=O) groups excluding carboxylic acids is 1. The number of furan rings is 1. The molecule has 0 aromatic carbocycles. The largest absolute Gasteiger partial charge is 0.458 e. The Labute approximate surface area is 125 Å². The lowest BCUT2D eigenvalue weighted by Crippen LogP contribution is -2.39. The van der Waals surface area contributed by atoms with Gasteiger partial charge in [0.2, 0.25) is 5.76 Å². The van der Waals surface area contributed by atoms with Gasteiger partial charge in [-0.15, -0.1) is 0 Å². The van der Waals surface area contributed by atoms with Crippen molar-refractivity contribution in [2.75, 3.05) is 13.1 Å². The zero-order chi connectivity index (χ0) is 14.1. The summed E-state index contributed by atoms with van der Waals surface area (Å²) in [4.78, 5) is 18.7. The maximum atomic E-state index is 12.5. The monoisotopic (exact) mass is 337 g/mol. The smallest absolute Gasteiger partial charge is 0.290 e. The van der Waals surface area contributed by atoms with Gasteiger partial charge in [0, 0.05) is 38.4 Å². The fourth-order valence-corrected chi connectivity index (χ4v) is 3.10. The van der Waals surface area contributed by atoms with Crippen LogP contribution in [0.5, 0.6) is 0 Å². The number of piperidine rings is 1. The Kier molecular flexibility index (Phi) is 3.65. The van der Waals surface area contributed by atoms with Crippen molar-refractivity contribution in [2.24, 2.45) is 7.05 Å². The molecule has 2 aromatic rings. The predicted octanol–water partition coefficient (Wildman–Crippen LogP) is 2.80. The van der Waals surface area contributed by atoms with E-state index in [1.54, 1.807) is 12.3 Å². The minimum Gasteiger partial charge on any atom is -0.458 e. The Balaban J connectivity index is 1.77. The van der Waals surface area contributed by atoms with Crippen molar-refractivity contribution in [3.05, 3.63) is 40.8 Å². The van der Waals surface area contributed by atoms with Crippen LogP contribution in [0, 0.1) is 0 Å². The van der Waals surface area contributed by atoms with Crippen molar-refractivity contribution in [1.29, 1.82) is 0 Å². The molecule has 5 nitrogen and oxygen atoms in total. The quantitative estimate of drug-likeness (QED) is 0.846. The van der Waals surface area contributed by atoms with Gasteiger partial charge in [-0.25, -0.2) is 4.98 Å². The van der Waals surface area contributed by atoms with Crippen molar-refractivity contribution in [3.8, 4) is 0 Å². The van der Waals surface area contributed by atoms with E-state index in [4.69, 9.17) is 4.42 Å². The van der Waals surface area contributed by atoms with Crippen LogP contribution in [0.1, 0.15) is 35.1 Å². The van der Waals surface area contributed by atoms with E-state index >= 15 is 0 Å². The second kappa shape index (κ2) is 5.44. The molecule has 6 heteroatoms. The first-order valence-electron chi connectivity index (χ1n) is 6.66. The Hall–Kier alpha value is -1.56. The number of rotatable bonds is 2. The van der Waals surface area contributed by atoms with Gasteiger partial charge in [0.15, 0.2) is 0 Å². The lowest BCUT2D eigenvalue weighted by Gasteiger charge is -2.32. The number of hydrogen-bond acceptors (Lipinski definition) is 3. The van der Waals surface area contributed by atoms with Gasteiger partial charge in [-0.05, 0) is 34.8 Å². The number of aromatic nitrogens is 2. The van der Waals surface area contributed by atoms with Gasteiger partial charge >= 0.3 is 0 Å². The Morgan fingerprint density at radius 2 is 2.40 bits per heavy atom. The summed E-state index contributed by atoms with van der Waals surface area (Å²) in [5.74, 6) is 1.66. The summed E-state index contributed by atoms with van der Waals surface area (Å²) < 4.78 is 8.01. The molecule has 1 atom stereocenters. The molecule has 2 aromatic heterocycles. The number of halogens is 1. The molecule has 3 rings (SSSR count). The van der Waals surface area contributed by atoms with E-state index in [-0.39, 0.29) is 5.91 Å². The first-order chi connectivity index (χ1) is 9.66. The van der Waals surface area contributed by atoms with E-state index in [2.05, 4.69) is 20.9 Å². The van der Waals surface area contributed by atoms with Crippen LogP contribution in [0.4, 0.5) is 0 Å². The van der Waals surface area contributed by atoms with Crippen molar-refractivity contribution in [1.82, 2.24) is 14.5 Å². The maximum Gasteiger partial charge on any atom is 0.290 e. The van der Waals surface area contributed by atoms with Gasteiger partial charge in [0.1, 0.15) is 5.82 Å². The van der Waals surface area contributed by atoms with Crippen LogP contribution in [-0.4, -0.2) is 33.4 Å². The second-order valence-electron chi connectivity index (χ2n) is 5.08. The summed E-state index contributed by atoms with van der Waals surface area (Å²) in [7, 11) is 1.99. The van der Waals surface area contributed by atoms with Crippen LogP contribution in [0.15, 0.2) is 33.6 Å². The third-order valence-electron chi connectivity index (χ3n) is 3.74. The molecule has 1 aliphatic rings. The van der Waals surface area contributed by atoms with Crippen LogP contribution < -0.4 is 0 Å². The van der Waals surface area contributed by atoms with Gasteiger partial charge in [0.05, 0.1) is 10.7 Å². The van der Waals surface area contributed by atoms with Gasteiger partial charge < -0.3 is 13.9 Å². The highest BCUT2D eigenvalue weighted by Crippen LogP contribution is 2.28. The molecule has 0 unspecified atom stereocenters. The molecule has 106 valence electrons. The number of nitrogens with zero attached hydrogens (tertiary/aromatic N) is 3. The third kappa shape index (κ3) is 2.40. The molecule has 0 radical (unpaired) electrons. The van der Waals surface area contributed by atoms with E-state index < -0.39 is 0 Å². The van der Waals surface area contributed by atoms with E-state index in [0.29, 0.717) is 22.7 Å². The first-order valence-corrected chi connectivity index (χ1v) is 7.45. The highest BCUT2D eigenvalue weighted by molar-refractivity contribution is 9.10.